The summed E-state index contributed by atoms with van der Waals surface area (Å²) in [5.41, 5.74) is 2.53. The van der Waals surface area contributed by atoms with Gasteiger partial charge in [-0.05, 0) is 62.2 Å². The van der Waals surface area contributed by atoms with Crippen LogP contribution in [0.25, 0.3) is 0 Å². The second-order valence-electron chi connectivity index (χ2n) is 7.10. The Bertz CT molecular complexity index is 810. The molecule has 1 heterocycles. The zero-order valence-corrected chi connectivity index (χ0v) is 14.8. The molecule has 2 aliphatic carbocycles. The summed E-state index contributed by atoms with van der Waals surface area (Å²) in [5.74, 6) is 0.893. The van der Waals surface area contributed by atoms with Crippen molar-refractivity contribution in [3.05, 3.63) is 46.7 Å². The van der Waals surface area contributed by atoms with Crippen molar-refractivity contribution in [1.82, 2.24) is 4.90 Å². The van der Waals surface area contributed by atoms with Crippen LogP contribution in [0.5, 0.6) is 11.5 Å². The van der Waals surface area contributed by atoms with Gasteiger partial charge in [0.25, 0.3) is 0 Å². The number of hydrogen-bond donors (Lipinski definition) is 1. The van der Waals surface area contributed by atoms with Crippen LogP contribution in [0.1, 0.15) is 24.0 Å². The van der Waals surface area contributed by atoms with Crippen LogP contribution in [0.2, 0.25) is 0 Å². The zero-order valence-electron chi connectivity index (χ0n) is 14.8. The van der Waals surface area contributed by atoms with Gasteiger partial charge in [0.2, 0.25) is 5.78 Å². The fourth-order valence-corrected chi connectivity index (χ4v) is 4.75. The second-order valence-corrected chi connectivity index (χ2v) is 7.10. The predicted molar refractivity (Wildman–Crippen MR) is 93.9 cm³/mol. The Balaban J connectivity index is 2.05. The van der Waals surface area contributed by atoms with Gasteiger partial charge < -0.3 is 14.6 Å². The number of methoxy groups -OCH3 is 2. The van der Waals surface area contributed by atoms with Gasteiger partial charge in [-0.15, -0.1) is 0 Å². The third-order valence-corrected chi connectivity index (χ3v) is 5.92. The molecule has 132 valence electrons. The molecule has 0 spiro atoms. The fourth-order valence-electron chi connectivity index (χ4n) is 4.75. The van der Waals surface area contributed by atoms with Crippen LogP contribution in [-0.4, -0.2) is 49.6 Å². The molecule has 0 amide bonds. The number of allylic oxidation sites excluding steroid dienone is 2. The maximum atomic E-state index is 12.5. The molecule has 25 heavy (non-hydrogen) atoms. The number of ketones is 1. The number of hydrogen-bond acceptors (Lipinski definition) is 5. The van der Waals surface area contributed by atoms with Gasteiger partial charge in [0.05, 0.1) is 14.2 Å². The summed E-state index contributed by atoms with van der Waals surface area (Å²) in [6, 6.07) is 4.01. The molecule has 1 N–H and O–H groups in total. The molecule has 0 unspecified atom stereocenters. The molecule has 1 fully saturated rings. The minimum absolute atomic E-state index is 0.0979. The van der Waals surface area contributed by atoms with Crippen molar-refractivity contribution in [2.75, 3.05) is 27.8 Å². The van der Waals surface area contributed by atoms with Gasteiger partial charge in [-0.3, -0.25) is 9.69 Å². The van der Waals surface area contributed by atoms with Crippen LogP contribution in [0.15, 0.2) is 35.6 Å². The van der Waals surface area contributed by atoms with E-state index in [-0.39, 0.29) is 17.6 Å². The molecule has 1 saturated heterocycles. The van der Waals surface area contributed by atoms with Gasteiger partial charge in [0, 0.05) is 17.0 Å². The van der Waals surface area contributed by atoms with E-state index < -0.39 is 5.41 Å². The standard InChI is InChI=1S/C20H23NO4/c1-21-8-4-7-20-11-17(25-3)15(22)10-13(20)14(21)9-12-5-6-16(24-2)19(23)18(12)20/h5-6,10-11,14,23H,4,7-9H2,1-3H3/t14-,20+/m0/s1. The van der Waals surface area contributed by atoms with E-state index in [1.165, 1.54) is 7.11 Å². The monoisotopic (exact) mass is 341 g/mol. The highest BCUT2D eigenvalue weighted by molar-refractivity contribution is 6.05. The summed E-state index contributed by atoms with van der Waals surface area (Å²) >= 11 is 0. The zero-order chi connectivity index (χ0) is 17.8. The van der Waals surface area contributed by atoms with E-state index in [1.807, 2.05) is 18.2 Å². The number of carbonyl (C=O) groups is 1. The third-order valence-electron chi connectivity index (χ3n) is 5.92. The molecule has 2 bridgehead atoms. The number of carbonyl (C=O) groups excluding carboxylic acids is 1. The second kappa shape index (κ2) is 5.63. The molecule has 4 rings (SSSR count). The first-order valence-corrected chi connectivity index (χ1v) is 8.64. The highest BCUT2D eigenvalue weighted by atomic mass is 16.5. The quantitative estimate of drug-likeness (QED) is 0.895. The van der Waals surface area contributed by atoms with Crippen LogP contribution >= 0.6 is 0 Å². The lowest BCUT2D eigenvalue weighted by atomic mass is 9.61. The SMILES string of the molecule is COC1=C[C@@]23CCCN(C)[C@@H](Cc4ccc(OC)c(O)c42)C3=CC1=O. The number of benzene rings is 1. The minimum Gasteiger partial charge on any atom is -0.504 e. The number of aromatic hydroxyl groups is 1. The maximum Gasteiger partial charge on any atom is 0.220 e. The van der Waals surface area contributed by atoms with Gasteiger partial charge in [-0.2, -0.15) is 0 Å². The van der Waals surface area contributed by atoms with E-state index >= 15 is 0 Å². The summed E-state index contributed by atoms with van der Waals surface area (Å²) in [6.07, 6.45) is 6.23. The Hall–Kier alpha value is -2.27. The minimum atomic E-state index is -0.513. The summed E-state index contributed by atoms with van der Waals surface area (Å²) in [7, 11) is 5.19. The molecule has 5 heteroatoms. The molecule has 2 atom stereocenters. The van der Waals surface area contributed by atoms with Crippen molar-refractivity contribution in [2.24, 2.45) is 0 Å². The highest BCUT2D eigenvalue weighted by Crippen LogP contribution is 2.55. The Morgan fingerprint density at radius 1 is 1.28 bits per heavy atom. The molecule has 0 radical (unpaired) electrons. The van der Waals surface area contributed by atoms with Crippen LogP contribution in [-0.2, 0) is 21.4 Å². The van der Waals surface area contributed by atoms with Gasteiger partial charge in [0.15, 0.2) is 17.3 Å². The fraction of sp³-hybridized carbons (Fsp3) is 0.450. The van der Waals surface area contributed by atoms with Crippen molar-refractivity contribution in [2.45, 2.75) is 30.7 Å². The highest BCUT2D eigenvalue weighted by Gasteiger charge is 2.50. The lowest BCUT2D eigenvalue weighted by Gasteiger charge is -2.45. The molecule has 1 aromatic carbocycles. The average Bonchev–Trinajstić information content (AvgIpc) is 2.69. The molecular formula is C20H23NO4. The number of ether oxygens (including phenoxy) is 2. The number of fused-ring (bicyclic) bond motifs is 1. The summed E-state index contributed by atoms with van der Waals surface area (Å²) in [6.45, 7) is 0.958. The van der Waals surface area contributed by atoms with Crippen molar-refractivity contribution >= 4 is 5.78 Å². The first kappa shape index (κ1) is 16.2. The van der Waals surface area contributed by atoms with Crippen molar-refractivity contribution in [1.29, 1.82) is 0 Å². The largest absolute Gasteiger partial charge is 0.504 e. The molecule has 3 aliphatic rings. The van der Waals surface area contributed by atoms with Crippen LogP contribution < -0.4 is 4.74 Å². The molecule has 0 aromatic heterocycles. The van der Waals surface area contributed by atoms with E-state index in [9.17, 15) is 9.90 Å². The summed E-state index contributed by atoms with van der Waals surface area (Å²) in [4.78, 5) is 14.8. The van der Waals surface area contributed by atoms with Crippen LogP contribution in [0.3, 0.4) is 0 Å². The molecule has 1 aromatic rings. The Kier molecular flexibility index (Phi) is 3.65. The average molecular weight is 341 g/mol. The smallest absolute Gasteiger partial charge is 0.220 e. The first-order valence-electron chi connectivity index (χ1n) is 8.64. The number of phenols is 1. The van der Waals surface area contributed by atoms with E-state index in [1.54, 1.807) is 13.2 Å². The normalized spacial score (nSPS) is 28.3. The van der Waals surface area contributed by atoms with Crippen LogP contribution in [0, 0.1) is 0 Å². The topological polar surface area (TPSA) is 59.0 Å². The van der Waals surface area contributed by atoms with Crippen molar-refractivity contribution in [3.63, 3.8) is 0 Å². The lowest BCUT2D eigenvalue weighted by molar-refractivity contribution is -0.114. The van der Waals surface area contributed by atoms with E-state index in [4.69, 9.17) is 9.47 Å². The van der Waals surface area contributed by atoms with Gasteiger partial charge in [0.1, 0.15) is 0 Å². The number of likely N-dealkylation sites (tertiary alicyclic amines) is 1. The van der Waals surface area contributed by atoms with E-state index in [2.05, 4.69) is 11.9 Å². The number of nitrogens with zero attached hydrogens (tertiary/aromatic N) is 1. The molecule has 0 saturated carbocycles. The van der Waals surface area contributed by atoms with E-state index in [0.717, 1.165) is 42.5 Å². The Labute approximate surface area is 147 Å². The molecular weight excluding hydrogens is 318 g/mol. The summed E-state index contributed by atoms with van der Waals surface area (Å²) in [5, 5.41) is 10.9. The number of likely N-dealkylation sites (N-methyl/N-ethyl adjacent to an activating group) is 1. The number of phenolic OH excluding ortho intramolecular Hbond substituents is 1. The number of rotatable bonds is 2. The first-order chi connectivity index (χ1) is 12.0. The van der Waals surface area contributed by atoms with Crippen molar-refractivity contribution < 1.29 is 19.4 Å². The van der Waals surface area contributed by atoms with Gasteiger partial charge in [-0.25, -0.2) is 0 Å². The summed E-state index contributed by atoms with van der Waals surface area (Å²) < 4.78 is 10.7. The van der Waals surface area contributed by atoms with Crippen LogP contribution in [0.4, 0.5) is 0 Å². The van der Waals surface area contributed by atoms with E-state index in [0.29, 0.717) is 11.5 Å². The van der Waals surface area contributed by atoms with Gasteiger partial charge in [-0.1, -0.05) is 6.07 Å². The maximum absolute atomic E-state index is 12.5. The lowest BCUT2D eigenvalue weighted by Crippen LogP contribution is -2.46. The molecule has 1 aliphatic heterocycles. The molecule has 5 nitrogen and oxygen atoms in total. The Morgan fingerprint density at radius 3 is 2.80 bits per heavy atom. The van der Waals surface area contributed by atoms with Crippen molar-refractivity contribution in [3.8, 4) is 11.5 Å². The predicted octanol–water partition coefficient (Wildman–Crippen LogP) is 2.33. The third kappa shape index (κ3) is 2.15. The van der Waals surface area contributed by atoms with Gasteiger partial charge >= 0.3 is 0 Å². The Morgan fingerprint density at radius 2 is 2.08 bits per heavy atom.